The molecule has 3 heterocycles. The third kappa shape index (κ3) is 5.06. The lowest BCUT2D eigenvalue weighted by Gasteiger charge is -2.41. The summed E-state index contributed by atoms with van der Waals surface area (Å²) < 4.78 is 12.4. The molecule has 3 aliphatic heterocycles. The third-order valence-electron chi connectivity index (χ3n) is 9.21. The van der Waals surface area contributed by atoms with Crippen LogP contribution in [0.4, 0.5) is 0 Å². The normalized spacial score (nSPS) is 31.1. The Bertz CT molecular complexity index is 892. The van der Waals surface area contributed by atoms with Crippen LogP contribution in [0, 0.1) is 17.8 Å². The van der Waals surface area contributed by atoms with E-state index in [4.69, 9.17) is 9.47 Å². The maximum absolute atomic E-state index is 14.4. The fourth-order valence-electron chi connectivity index (χ4n) is 6.97. The zero-order chi connectivity index (χ0) is 28.1. The summed E-state index contributed by atoms with van der Waals surface area (Å²) in [4.78, 5) is 45.7. The van der Waals surface area contributed by atoms with Crippen molar-refractivity contribution in [3.05, 3.63) is 25.3 Å². The molecule has 8 nitrogen and oxygen atoms in total. The van der Waals surface area contributed by atoms with E-state index < -0.39 is 41.1 Å². The van der Waals surface area contributed by atoms with Gasteiger partial charge in [-0.2, -0.15) is 0 Å². The van der Waals surface area contributed by atoms with Crippen molar-refractivity contribution in [2.24, 2.45) is 17.8 Å². The highest BCUT2D eigenvalue weighted by Gasteiger charge is 2.79. The van der Waals surface area contributed by atoms with Crippen LogP contribution in [0.25, 0.3) is 0 Å². The van der Waals surface area contributed by atoms with Crippen LogP contribution in [0.5, 0.6) is 0 Å². The van der Waals surface area contributed by atoms with Gasteiger partial charge in [-0.3, -0.25) is 14.4 Å². The molecule has 3 saturated heterocycles. The van der Waals surface area contributed by atoms with Gasteiger partial charge in [0.25, 0.3) is 0 Å². The quantitative estimate of drug-likeness (QED) is 0.184. The van der Waals surface area contributed by atoms with Crippen LogP contribution in [-0.2, 0) is 23.9 Å². The van der Waals surface area contributed by atoms with Crippen LogP contribution in [0.3, 0.4) is 0 Å². The first-order valence-corrected chi connectivity index (χ1v) is 14.5. The Morgan fingerprint density at radius 3 is 2.55 bits per heavy atom. The molecule has 2 amide bonds. The number of ether oxygens (including phenoxy) is 2. The second kappa shape index (κ2) is 12.8. The Balaban J connectivity index is 2.10. The van der Waals surface area contributed by atoms with Crippen molar-refractivity contribution in [2.45, 2.75) is 102 Å². The van der Waals surface area contributed by atoms with Crippen LogP contribution in [-0.4, -0.2) is 82.3 Å². The van der Waals surface area contributed by atoms with E-state index in [1.807, 2.05) is 20.8 Å². The van der Waals surface area contributed by atoms with Gasteiger partial charge in [-0.1, -0.05) is 59.1 Å². The van der Waals surface area contributed by atoms with Crippen molar-refractivity contribution in [3.63, 3.8) is 0 Å². The van der Waals surface area contributed by atoms with Crippen molar-refractivity contribution >= 4 is 17.8 Å². The second-order valence-corrected chi connectivity index (χ2v) is 11.2. The predicted octanol–water partition coefficient (Wildman–Crippen LogP) is 3.87. The molecule has 214 valence electrons. The first-order chi connectivity index (χ1) is 18.2. The summed E-state index contributed by atoms with van der Waals surface area (Å²) in [7, 11) is 0. The van der Waals surface area contributed by atoms with E-state index in [9.17, 15) is 19.5 Å². The molecule has 7 atom stereocenters. The zero-order valence-electron chi connectivity index (χ0n) is 23.8. The number of carbonyl (C=O) groups is 3. The summed E-state index contributed by atoms with van der Waals surface area (Å²) in [5.74, 6) is -2.57. The number of nitrogens with zero attached hydrogens (tertiary/aromatic N) is 2. The number of rotatable bonds is 16. The van der Waals surface area contributed by atoms with Gasteiger partial charge in [0.2, 0.25) is 11.8 Å². The summed E-state index contributed by atoms with van der Waals surface area (Å²) in [6.07, 6.45) is 9.13. The molecule has 1 N–H and O–H groups in total. The van der Waals surface area contributed by atoms with E-state index >= 15 is 0 Å². The molecule has 0 aromatic rings. The van der Waals surface area contributed by atoms with Gasteiger partial charge in [-0.05, 0) is 38.0 Å². The number of amides is 2. The van der Waals surface area contributed by atoms with Crippen molar-refractivity contribution in [1.29, 1.82) is 0 Å². The van der Waals surface area contributed by atoms with Crippen LogP contribution in [0.2, 0.25) is 0 Å². The molecule has 1 spiro atoms. The average Bonchev–Trinajstić information content (AvgIpc) is 3.52. The van der Waals surface area contributed by atoms with Crippen LogP contribution >= 0.6 is 0 Å². The molecule has 3 fully saturated rings. The Kier molecular flexibility index (Phi) is 10.2. The summed E-state index contributed by atoms with van der Waals surface area (Å²) in [5.41, 5.74) is -1.97. The average molecular weight is 533 g/mol. The predicted molar refractivity (Wildman–Crippen MR) is 146 cm³/mol. The Morgan fingerprint density at radius 1 is 1.24 bits per heavy atom. The number of fused-ring (bicyclic) bond motifs is 1. The molecule has 0 radical (unpaired) electrons. The summed E-state index contributed by atoms with van der Waals surface area (Å²) in [6, 6.07) is -1.47. The first kappa shape index (κ1) is 30.4. The van der Waals surface area contributed by atoms with Gasteiger partial charge >= 0.3 is 5.97 Å². The molecule has 2 unspecified atom stereocenters. The zero-order valence-corrected chi connectivity index (χ0v) is 23.8. The van der Waals surface area contributed by atoms with E-state index in [0.717, 1.165) is 25.7 Å². The van der Waals surface area contributed by atoms with Crippen LogP contribution in [0.15, 0.2) is 25.3 Å². The minimum absolute atomic E-state index is 0.0437. The third-order valence-corrected chi connectivity index (χ3v) is 9.21. The number of aliphatic hydroxyl groups excluding tert-OH is 1. The summed E-state index contributed by atoms with van der Waals surface area (Å²) in [6.45, 7) is 16.5. The lowest BCUT2D eigenvalue weighted by molar-refractivity contribution is -0.164. The first-order valence-electron chi connectivity index (χ1n) is 14.5. The standard InChI is InChI=1S/C30H48N2O6/c1-7-12-14-18-31(17-9-3)27(35)25-30-16-15-29(11-5,38-30)24(28(36)37-19-13-8-2)23(30)26(34)32(25)22(20-33)21(6)10-4/h8-9,21-25,33H,2-3,7,10-20H2,1,4-6H3/t21-,22-,23-,24+,25?,29-,30?/m0/s1. The smallest absolute Gasteiger partial charge is 0.312 e. The molecule has 38 heavy (non-hydrogen) atoms. The number of hydrogen-bond donors (Lipinski definition) is 1. The summed E-state index contributed by atoms with van der Waals surface area (Å²) in [5, 5.41) is 10.5. The van der Waals surface area contributed by atoms with Gasteiger partial charge in [0, 0.05) is 13.1 Å². The van der Waals surface area contributed by atoms with Gasteiger partial charge in [0.05, 0.1) is 30.8 Å². The van der Waals surface area contributed by atoms with E-state index in [-0.39, 0.29) is 30.9 Å². The molecule has 0 saturated carbocycles. The van der Waals surface area contributed by atoms with Crippen LogP contribution < -0.4 is 0 Å². The molecule has 8 heteroatoms. The molecule has 3 aliphatic rings. The summed E-state index contributed by atoms with van der Waals surface area (Å²) >= 11 is 0. The second-order valence-electron chi connectivity index (χ2n) is 11.2. The lowest BCUT2D eigenvalue weighted by atomic mass is 9.65. The molecule has 0 aromatic heterocycles. The number of carbonyl (C=O) groups excluding carboxylic acids is 3. The van der Waals surface area contributed by atoms with Crippen molar-refractivity contribution < 1.29 is 29.0 Å². The van der Waals surface area contributed by atoms with Gasteiger partial charge in [-0.25, -0.2) is 0 Å². The van der Waals surface area contributed by atoms with Crippen molar-refractivity contribution in [1.82, 2.24) is 9.80 Å². The van der Waals surface area contributed by atoms with Crippen molar-refractivity contribution in [2.75, 3.05) is 26.3 Å². The molecular weight excluding hydrogens is 484 g/mol. The largest absolute Gasteiger partial charge is 0.465 e. The number of unbranched alkanes of at least 4 members (excludes halogenated alkanes) is 2. The number of likely N-dealkylation sites (tertiary alicyclic amines) is 1. The Labute approximate surface area is 228 Å². The molecule has 2 bridgehead atoms. The fourth-order valence-corrected chi connectivity index (χ4v) is 6.97. The number of esters is 1. The number of aliphatic hydroxyl groups is 1. The van der Waals surface area contributed by atoms with Gasteiger partial charge in [0.1, 0.15) is 17.6 Å². The minimum Gasteiger partial charge on any atom is -0.465 e. The van der Waals surface area contributed by atoms with Gasteiger partial charge in [-0.15, -0.1) is 13.2 Å². The highest BCUT2D eigenvalue weighted by molar-refractivity contribution is 5.98. The highest BCUT2D eigenvalue weighted by Crippen LogP contribution is 2.65. The Morgan fingerprint density at radius 2 is 1.97 bits per heavy atom. The van der Waals surface area contributed by atoms with E-state index in [0.29, 0.717) is 38.8 Å². The maximum Gasteiger partial charge on any atom is 0.312 e. The SMILES string of the molecule is C=CCCOC(=O)[C@H]1[C@H]2C(=O)N([C@@H](CO)[C@@H](C)CC)C(C(=O)N(CC=C)CCCCC)C23CC[C@]1(CC)O3. The van der Waals surface area contributed by atoms with Gasteiger partial charge in [0.15, 0.2) is 0 Å². The van der Waals surface area contributed by atoms with E-state index in [1.54, 1.807) is 22.0 Å². The van der Waals surface area contributed by atoms with Gasteiger partial charge < -0.3 is 24.4 Å². The molecule has 3 rings (SSSR count). The number of hydrogen-bond acceptors (Lipinski definition) is 6. The van der Waals surface area contributed by atoms with Crippen molar-refractivity contribution in [3.8, 4) is 0 Å². The molecule has 0 aromatic carbocycles. The topological polar surface area (TPSA) is 96.4 Å². The molecule has 0 aliphatic carbocycles. The van der Waals surface area contributed by atoms with Crippen LogP contribution in [0.1, 0.15) is 79.1 Å². The highest BCUT2D eigenvalue weighted by atomic mass is 16.6. The maximum atomic E-state index is 14.4. The van der Waals surface area contributed by atoms with E-state index in [1.165, 1.54) is 0 Å². The Hall–Kier alpha value is -2.19. The minimum atomic E-state index is -1.13. The van der Waals surface area contributed by atoms with E-state index in [2.05, 4.69) is 20.1 Å². The lowest BCUT2D eigenvalue weighted by Crippen LogP contribution is -2.60. The molecular formula is C30H48N2O6. The monoisotopic (exact) mass is 532 g/mol. The fraction of sp³-hybridized carbons (Fsp3) is 0.767.